The number of rotatable bonds is 4. The number of hydrogen-bond acceptors (Lipinski definition) is 2. The second-order valence-electron chi connectivity index (χ2n) is 3.38. The molecule has 0 saturated heterocycles. The molecule has 1 aromatic carbocycles. The van der Waals surface area contributed by atoms with Crippen molar-refractivity contribution in [2.24, 2.45) is 0 Å². The van der Waals surface area contributed by atoms with Gasteiger partial charge in [0.15, 0.2) is 0 Å². The standard InChI is InChI=1S/C11H11Cl2NO3/c1-7(15)14(6-5-10(16)17)11-8(12)3-2-4-9(11)13/h2-4H,5-6H2,1H3,(H,16,17). The number of hydrogen-bond donors (Lipinski definition) is 1. The van der Waals surface area contributed by atoms with Crippen LogP contribution in [0.5, 0.6) is 0 Å². The highest BCUT2D eigenvalue weighted by molar-refractivity contribution is 6.39. The third-order valence-corrected chi connectivity index (χ3v) is 2.75. The zero-order chi connectivity index (χ0) is 13.0. The molecule has 4 nitrogen and oxygen atoms in total. The summed E-state index contributed by atoms with van der Waals surface area (Å²) in [5, 5.41) is 9.26. The van der Waals surface area contributed by atoms with E-state index in [4.69, 9.17) is 28.3 Å². The van der Waals surface area contributed by atoms with E-state index >= 15 is 0 Å². The Labute approximate surface area is 109 Å². The van der Waals surface area contributed by atoms with Crippen LogP contribution in [0.25, 0.3) is 0 Å². The number of nitrogens with zero attached hydrogens (tertiary/aromatic N) is 1. The van der Waals surface area contributed by atoms with Crippen molar-refractivity contribution < 1.29 is 14.7 Å². The number of para-hydroxylation sites is 1. The molecule has 0 aliphatic rings. The number of carbonyl (C=O) groups excluding carboxylic acids is 1. The Bertz CT molecular complexity index is 428. The predicted molar refractivity (Wildman–Crippen MR) is 66.7 cm³/mol. The van der Waals surface area contributed by atoms with Gasteiger partial charge in [0.1, 0.15) is 0 Å². The maximum Gasteiger partial charge on any atom is 0.305 e. The van der Waals surface area contributed by atoms with Crippen LogP contribution in [0.3, 0.4) is 0 Å². The lowest BCUT2D eigenvalue weighted by Crippen LogP contribution is -2.31. The molecule has 0 atom stereocenters. The van der Waals surface area contributed by atoms with Gasteiger partial charge in [0.2, 0.25) is 5.91 Å². The second-order valence-corrected chi connectivity index (χ2v) is 4.20. The Morgan fingerprint density at radius 2 is 1.82 bits per heavy atom. The number of amides is 1. The van der Waals surface area contributed by atoms with Gasteiger partial charge in [-0.15, -0.1) is 0 Å². The SMILES string of the molecule is CC(=O)N(CCC(=O)O)c1c(Cl)cccc1Cl. The molecule has 0 radical (unpaired) electrons. The first-order chi connectivity index (χ1) is 7.93. The summed E-state index contributed by atoms with van der Waals surface area (Å²) in [6.07, 6.45) is -0.166. The van der Waals surface area contributed by atoms with Crippen LogP contribution >= 0.6 is 23.2 Å². The summed E-state index contributed by atoms with van der Waals surface area (Å²) in [5.74, 6) is -1.29. The first kappa shape index (κ1) is 13.8. The number of halogens is 2. The highest BCUT2D eigenvalue weighted by Crippen LogP contribution is 2.33. The number of aliphatic carboxylic acids is 1. The Morgan fingerprint density at radius 3 is 2.24 bits per heavy atom. The summed E-state index contributed by atoms with van der Waals surface area (Å²) in [6, 6.07) is 4.85. The summed E-state index contributed by atoms with van der Waals surface area (Å²) >= 11 is 11.9. The molecule has 0 aliphatic heterocycles. The Hall–Kier alpha value is -1.26. The molecular weight excluding hydrogens is 265 g/mol. The lowest BCUT2D eigenvalue weighted by atomic mass is 10.2. The van der Waals surface area contributed by atoms with Crippen molar-refractivity contribution in [1.82, 2.24) is 0 Å². The molecule has 6 heteroatoms. The zero-order valence-corrected chi connectivity index (χ0v) is 10.6. The fraction of sp³-hybridized carbons (Fsp3) is 0.273. The van der Waals surface area contributed by atoms with Crippen molar-refractivity contribution in [3.8, 4) is 0 Å². The van der Waals surface area contributed by atoms with E-state index in [1.165, 1.54) is 11.8 Å². The number of benzene rings is 1. The largest absolute Gasteiger partial charge is 0.481 e. The summed E-state index contributed by atoms with van der Waals surface area (Å²) in [6.45, 7) is 1.37. The Kier molecular flexibility index (Phi) is 4.78. The van der Waals surface area contributed by atoms with Crippen molar-refractivity contribution in [2.75, 3.05) is 11.4 Å². The minimum absolute atomic E-state index is 0.0358. The van der Waals surface area contributed by atoms with Gasteiger partial charge < -0.3 is 10.0 Å². The summed E-state index contributed by atoms with van der Waals surface area (Å²) in [4.78, 5) is 23.3. The molecule has 0 aromatic heterocycles. The van der Waals surface area contributed by atoms with Gasteiger partial charge in [-0.05, 0) is 12.1 Å². The van der Waals surface area contributed by atoms with Crippen molar-refractivity contribution in [1.29, 1.82) is 0 Å². The smallest absolute Gasteiger partial charge is 0.305 e. The van der Waals surface area contributed by atoms with Gasteiger partial charge in [-0.2, -0.15) is 0 Å². The number of anilines is 1. The zero-order valence-electron chi connectivity index (χ0n) is 9.11. The molecule has 92 valence electrons. The van der Waals surface area contributed by atoms with Gasteiger partial charge in [0, 0.05) is 13.5 Å². The molecule has 1 amide bonds. The van der Waals surface area contributed by atoms with E-state index in [1.54, 1.807) is 18.2 Å². The molecule has 0 bridgehead atoms. The van der Waals surface area contributed by atoms with Crippen LogP contribution in [0, 0.1) is 0 Å². The summed E-state index contributed by atoms with van der Waals surface area (Å²) in [7, 11) is 0. The average Bonchev–Trinajstić information content (AvgIpc) is 2.21. The third-order valence-electron chi connectivity index (χ3n) is 2.14. The molecule has 0 heterocycles. The molecule has 1 rings (SSSR count). The van der Waals surface area contributed by atoms with E-state index in [0.29, 0.717) is 15.7 Å². The van der Waals surface area contributed by atoms with Crippen molar-refractivity contribution in [2.45, 2.75) is 13.3 Å². The van der Waals surface area contributed by atoms with Crippen LogP contribution in [0.1, 0.15) is 13.3 Å². The van der Waals surface area contributed by atoms with E-state index in [-0.39, 0.29) is 18.9 Å². The molecular formula is C11H11Cl2NO3. The molecule has 0 spiro atoms. The lowest BCUT2D eigenvalue weighted by molar-refractivity contribution is -0.136. The van der Waals surface area contributed by atoms with Crippen LogP contribution < -0.4 is 4.90 Å². The van der Waals surface area contributed by atoms with E-state index in [1.807, 2.05) is 0 Å². The fourth-order valence-corrected chi connectivity index (χ4v) is 1.98. The second kappa shape index (κ2) is 5.89. The van der Waals surface area contributed by atoms with Crippen LogP contribution in [-0.2, 0) is 9.59 Å². The maximum absolute atomic E-state index is 11.5. The first-order valence-electron chi connectivity index (χ1n) is 4.87. The Balaban J connectivity index is 3.05. The highest BCUT2D eigenvalue weighted by Gasteiger charge is 2.18. The van der Waals surface area contributed by atoms with Crippen LogP contribution in [0.2, 0.25) is 10.0 Å². The Morgan fingerprint density at radius 1 is 1.29 bits per heavy atom. The van der Waals surface area contributed by atoms with Gasteiger partial charge in [-0.1, -0.05) is 29.3 Å². The van der Waals surface area contributed by atoms with E-state index in [2.05, 4.69) is 0 Å². The van der Waals surface area contributed by atoms with Gasteiger partial charge in [-0.25, -0.2) is 0 Å². The molecule has 0 aliphatic carbocycles. The van der Waals surface area contributed by atoms with Gasteiger partial charge >= 0.3 is 5.97 Å². The first-order valence-corrected chi connectivity index (χ1v) is 5.63. The maximum atomic E-state index is 11.5. The lowest BCUT2D eigenvalue weighted by Gasteiger charge is -2.22. The molecule has 17 heavy (non-hydrogen) atoms. The average molecular weight is 276 g/mol. The van der Waals surface area contributed by atoms with Crippen LogP contribution in [0.15, 0.2) is 18.2 Å². The van der Waals surface area contributed by atoms with Crippen molar-refractivity contribution in [3.05, 3.63) is 28.2 Å². The predicted octanol–water partition coefficient (Wildman–Crippen LogP) is 2.82. The molecule has 1 aromatic rings. The fourth-order valence-electron chi connectivity index (χ4n) is 1.38. The van der Waals surface area contributed by atoms with Crippen molar-refractivity contribution in [3.63, 3.8) is 0 Å². The minimum atomic E-state index is -0.987. The van der Waals surface area contributed by atoms with Crippen LogP contribution in [-0.4, -0.2) is 23.5 Å². The monoisotopic (exact) mass is 275 g/mol. The van der Waals surface area contributed by atoms with E-state index in [9.17, 15) is 9.59 Å². The molecule has 0 fully saturated rings. The quantitative estimate of drug-likeness (QED) is 0.919. The van der Waals surface area contributed by atoms with Crippen molar-refractivity contribution >= 4 is 40.8 Å². The molecule has 0 saturated carbocycles. The topological polar surface area (TPSA) is 57.6 Å². The summed E-state index contributed by atoms with van der Waals surface area (Å²) < 4.78 is 0. The van der Waals surface area contributed by atoms with E-state index in [0.717, 1.165) is 0 Å². The van der Waals surface area contributed by atoms with Crippen LogP contribution in [0.4, 0.5) is 5.69 Å². The number of carboxylic acids is 1. The normalized spacial score (nSPS) is 10.1. The molecule has 0 unspecified atom stereocenters. The highest BCUT2D eigenvalue weighted by atomic mass is 35.5. The number of carbonyl (C=O) groups is 2. The third kappa shape index (κ3) is 3.61. The van der Waals surface area contributed by atoms with Gasteiger partial charge in [-0.3, -0.25) is 9.59 Å². The summed E-state index contributed by atoms with van der Waals surface area (Å²) in [5.41, 5.74) is 0.351. The number of carboxylic acid groups (broad SMARTS) is 1. The van der Waals surface area contributed by atoms with Gasteiger partial charge in [0.25, 0.3) is 0 Å². The van der Waals surface area contributed by atoms with Gasteiger partial charge in [0.05, 0.1) is 22.2 Å². The minimum Gasteiger partial charge on any atom is -0.481 e. The molecule has 1 N–H and O–H groups in total. The van der Waals surface area contributed by atoms with E-state index < -0.39 is 5.97 Å².